The Hall–Kier alpha value is -3.42. The molecule has 8 heteroatoms. The average molecular weight is 422 g/mol. The Kier molecular flexibility index (Phi) is 6.16. The zero-order valence-electron chi connectivity index (χ0n) is 18.1. The van der Waals surface area contributed by atoms with E-state index in [-0.39, 0.29) is 18.6 Å². The molecule has 3 aromatic rings. The molecule has 1 aromatic carbocycles. The summed E-state index contributed by atoms with van der Waals surface area (Å²) >= 11 is 0. The Morgan fingerprint density at radius 2 is 1.87 bits per heavy atom. The van der Waals surface area contributed by atoms with Gasteiger partial charge in [-0.1, -0.05) is 12.1 Å². The third-order valence-electron chi connectivity index (χ3n) is 5.28. The maximum Gasteiger partial charge on any atom is 0.260 e. The minimum absolute atomic E-state index is 0.0570. The fraction of sp³-hybridized carbons (Fsp3) is 0.391. The van der Waals surface area contributed by atoms with Gasteiger partial charge in [-0.2, -0.15) is 5.10 Å². The first-order chi connectivity index (χ1) is 15.0. The molecule has 3 heterocycles. The highest BCUT2D eigenvalue weighted by Gasteiger charge is 2.24. The molecule has 31 heavy (non-hydrogen) atoms. The quantitative estimate of drug-likeness (QED) is 0.608. The number of aryl methyl sites for hydroxylation is 3. The summed E-state index contributed by atoms with van der Waals surface area (Å²) in [6, 6.07) is 13.5. The third kappa shape index (κ3) is 5.20. The van der Waals surface area contributed by atoms with Crippen LogP contribution in [0.1, 0.15) is 29.8 Å². The topological polar surface area (TPSA) is 82.4 Å². The summed E-state index contributed by atoms with van der Waals surface area (Å²) in [4.78, 5) is 14.3. The van der Waals surface area contributed by atoms with Crippen LogP contribution in [0.3, 0.4) is 0 Å². The summed E-state index contributed by atoms with van der Waals surface area (Å²) in [5, 5.41) is 12.6. The van der Waals surface area contributed by atoms with Crippen molar-refractivity contribution in [3.8, 4) is 17.4 Å². The van der Waals surface area contributed by atoms with Crippen LogP contribution in [0.2, 0.25) is 0 Å². The molecule has 1 aliphatic heterocycles. The van der Waals surface area contributed by atoms with Gasteiger partial charge in [0.15, 0.2) is 12.4 Å². The lowest BCUT2D eigenvalue weighted by Gasteiger charge is -2.32. The van der Waals surface area contributed by atoms with Crippen LogP contribution < -0.4 is 9.47 Å². The fourth-order valence-electron chi connectivity index (χ4n) is 3.69. The molecule has 2 aromatic heterocycles. The van der Waals surface area contributed by atoms with Gasteiger partial charge in [0.1, 0.15) is 11.9 Å². The van der Waals surface area contributed by atoms with E-state index < -0.39 is 0 Å². The van der Waals surface area contributed by atoms with Gasteiger partial charge in [-0.05, 0) is 50.6 Å². The van der Waals surface area contributed by atoms with Gasteiger partial charge >= 0.3 is 0 Å². The van der Waals surface area contributed by atoms with Crippen LogP contribution in [-0.4, -0.2) is 56.6 Å². The number of hydrogen-bond donors (Lipinski definition) is 0. The van der Waals surface area contributed by atoms with Crippen molar-refractivity contribution in [1.82, 2.24) is 24.9 Å². The zero-order chi connectivity index (χ0) is 21.8. The Bertz CT molecular complexity index is 1040. The van der Waals surface area contributed by atoms with Gasteiger partial charge in [0.2, 0.25) is 5.88 Å². The smallest absolute Gasteiger partial charge is 0.260 e. The van der Waals surface area contributed by atoms with Crippen molar-refractivity contribution < 1.29 is 14.3 Å². The van der Waals surface area contributed by atoms with Crippen molar-refractivity contribution in [3.05, 3.63) is 59.4 Å². The third-order valence-corrected chi connectivity index (χ3v) is 5.28. The minimum Gasteiger partial charge on any atom is -0.490 e. The van der Waals surface area contributed by atoms with E-state index in [9.17, 15) is 4.79 Å². The van der Waals surface area contributed by atoms with Crippen molar-refractivity contribution in [2.75, 3.05) is 19.7 Å². The van der Waals surface area contributed by atoms with Gasteiger partial charge in [0.05, 0.1) is 5.69 Å². The first kappa shape index (κ1) is 20.8. The largest absolute Gasteiger partial charge is 0.490 e. The van der Waals surface area contributed by atoms with Crippen LogP contribution >= 0.6 is 0 Å². The first-order valence-corrected chi connectivity index (χ1v) is 10.5. The second-order valence-electron chi connectivity index (χ2n) is 7.87. The molecule has 1 fully saturated rings. The minimum atomic E-state index is -0.0582. The molecule has 0 unspecified atom stereocenters. The number of aromatic nitrogens is 4. The second-order valence-corrected chi connectivity index (χ2v) is 7.87. The van der Waals surface area contributed by atoms with Crippen LogP contribution in [0.4, 0.5) is 0 Å². The van der Waals surface area contributed by atoms with E-state index in [1.165, 1.54) is 5.56 Å². The van der Waals surface area contributed by atoms with Crippen molar-refractivity contribution in [2.24, 2.45) is 0 Å². The van der Waals surface area contributed by atoms with Gasteiger partial charge in [-0.3, -0.25) is 4.79 Å². The number of benzene rings is 1. The van der Waals surface area contributed by atoms with Crippen molar-refractivity contribution in [2.45, 2.75) is 39.7 Å². The molecule has 8 nitrogen and oxygen atoms in total. The number of likely N-dealkylation sites (tertiary alicyclic amines) is 1. The van der Waals surface area contributed by atoms with Crippen LogP contribution in [0.5, 0.6) is 11.6 Å². The summed E-state index contributed by atoms with van der Waals surface area (Å²) < 4.78 is 13.3. The van der Waals surface area contributed by atoms with E-state index in [0.29, 0.717) is 24.8 Å². The average Bonchev–Trinajstić information content (AvgIpc) is 3.11. The van der Waals surface area contributed by atoms with Crippen molar-refractivity contribution >= 4 is 5.91 Å². The predicted molar refractivity (Wildman–Crippen MR) is 116 cm³/mol. The number of ether oxygens (including phenoxy) is 2. The molecule has 0 aliphatic carbocycles. The standard InChI is InChI=1S/C23H27N5O3/c1-16-5-4-6-20(13-16)31-19-9-11-27(12-10-19)23(29)15-30-22-8-7-21(24-25-22)28-18(3)14-17(2)26-28/h4-8,13-14,19H,9-12,15H2,1-3H3. The van der Waals surface area contributed by atoms with Gasteiger partial charge in [-0.15, -0.1) is 10.2 Å². The lowest BCUT2D eigenvalue weighted by atomic mass is 10.1. The van der Waals surface area contributed by atoms with Crippen LogP contribution in [-0.2, 0) is 4.79 Å². The molecule has 1 saturated heterocycles. The molecule has 0 bridgehead atoms. The number of carbonyl (C=O) groups excluding carboxylic acids is 1. The highest BCUT2D eigenvalue weighted by Crippen LogP contribution is 2.20. The van der Waals surface area contributed by atoms with Crippen molar-refractivity contribution in [3.63, 3.8) is 0 Å². The highest BCUT2D eigenvalue weighted by molar-refractivity contribution is 5.77. The molecule has 0 radical (unpaired) electrons. The molecule has 0 N–H and O–H groups in total. The molecule has 4 rings (SSSR count). The molecule has 0 atom stereocenters. The summed E-state index contributed by atoms with van der Waals surface area (Å²) in [5.41, 5.74) is 3.07. The summed E-state index contributed by atoms with van der Waals surface area (Å²) in [5.74, 6) is 1.75. The number of piperidine rings is 1. The Morgan fingerprint density at radius 1 is 1.06 bits per heavy atom. The number of hydrogen-bond acceptors (Lipinski definition) is 6. The first-order valence-electron chi connectivity index (χ1n) is 10.5. The van der Waals surface area contributed by atoms with Crippen molar-refractivity contribution in [1.29, 1.82) is 0 Å². The molecule has 0 saturated carbocycles. The van der Waals surface area contributed by atoms with Crippen LogP contribution in [0.15, 0.2) is 42.5 Å². The number of carbonyl (C=O) groups is 1. The Morgan fingerprint density at radius 3 is 2.52 bits per heavy atom. The number of nitrogens with zero attached hydrogens (tertiary/aromatic N) is 5. The van der Waals surface area contributed by atoms with Gasteiger partial charge < -0.3 is 14.4 Å². The van der Waals surface area contributed by atoms with Gasteiger partial charge in [-0.25, -0.2) is 4.68 Å². The van der Waals surface area contributed by atoms with Gasteiger partial charge in [0, 0.05) is 37.7 Å². The maximum absolute atomic E-state index is 12.5. The molecular weight excluding hydrogens is 394 g/mol. The molecular formula is C23H27N5O3. The second kappa shape index (κ2) is 9.16. The lowest BCUT2D eigenvalue weighted by Crippen LogP contribution is -2.43. The number of amides is 1. The summed E-state index contributed by atoms with van der Waals surface area (Å²) in [6.45, 7) is 7.18. The Labute approximate surface area is 181 Å². The normalized spacial score (nSPS) is 14.5. The van der Waals surface area contributed by atoms with E-state index in [2.05, 4.69) is 15.3 Å². The summed E-state index contributed by atoms with van der Waals surface area (Å²) in [6.07, 6.45) is 1.73. The lowest BCUT2D eigenvalue weighted by molar-refractivity contribution is -0.135. The van der Waals surface area contributed by atoms with E-state index in [1.54, 1.807) is 16.8 Å². The molecule has 0 spiro atoms. The fourth-order valence-corrected chi connectivity index (χ4v) is 3.69. The SMILES string of the molecule is Cc1cccc(OC2CCN(C(=O)COc3ccc(-n4nc(C)cc4C)nn3)CC2)c1. The summed E-state index contributed by atoms with van der Waals surface area (Å²) in [7, 11) is 0. The molecule has 1 amide bonds. The molecule has 1 aliphatic rings. The van der Waals surface area contributed by atoms with E-state index in [4.69, 9.17) is 9.47 Å². The maximum atomic E-state index is 12.5. The Balaban J connectivity index is 1.24. The predicted octanol–water partition coefficient (Wildman–Crippen LogP) is 3.04. The highest BCUT2D eigenvalue weighted by atomic mass is 16.5. The van der Waals surface area contributed by atoms with E-state index in [1.807, 2.05) is 56.0 Å². The van der Waals surface area contributed by atoms with E-state index >= 15 is 0 Å². The van der Waals surface area contributed by atoms with Crippen LogP contribution in [0, 0.1) is 20.8 Å². The number of rotatable bonds is 6. The molecule has 162 valence electrons. The van der Waals surface area contributed by atoms with E-state index in [0.717, 1.165) is 30.0 Å². The monoisotopic (exact) mass is 421 g/mol. The zero-order valence-corrected chi connectivity index (χ0v) is 18.1. The van der Waals surface area contributed by atoms with Gasteiger partial charge in [0.25, 0.3) is 5.91 Å². The van der Waals surface area contributed by atoms with Crippen LogP contribution in [0.25, 0.3) is 5.82 Å².